The van der Waals surface area contributed by atoms with Crippen LogP contribution in [0.4, 0.5) is 0 Å². The van der Waals surface area contributed by atoms with Crippen molar-refractivity contribution in [2.75, 3.05) is 26.7 Å². The maximum Gasteiger partial charge on any atom is 0.253 e. The summed E-state index contributed by atoms with van der Waals surface area (Å²) in [5.41, 5.74) is 3.45. The summed E-state index contributed by atoms with van der Waals surface area (Å²) in [7, 11) is 2.11. The smallest absolute Gasteiger partial charge is 0.253 e. The summed E-state index contributed by atoms with van der Waals surface area (Å²) in [6.45, 7) is 3.99. The largest absolute Gasteiger partial charge is 0.348 e. The molecule has 0 radical (unpaired) electrons. The zero-order valence-corrected chi connectivity index (χ0v) is 18.6. The summed E-state index contributed by atoms with van der Waals surface area (Å²) < 4.78 is 1.95. The number of hydrogen-bond donors (Lipinski definition) is 1. The van der Waals surface area contributed by atoms with Crippen LogP contribution in [0.5, 0.6) is 0 Å². The van der Waals surface area contributed by atoms with E-state index in [0.717, 1.165) is 48.9 Å². The third-order valence-corrected chi connectivity index (χ3v) is 6.13. The Hall–Kier alpha value is -3.62. The first-order chi connectivity index (χ1) is 16.2. The molecule has 0 unspecified atom stereocenters. The van der Waals surface area contributed by atoms with Crippen LogP contribution in [0.25, 0.3) is 5.65 Å². The van der Waals surface area contributed by atoms with Gasteiger partial charge in [-0.1, -0.05) is 36.4 Å². The average molecular weight is 442 g/mol. The molecule has 1 aliphatic rings. The zero-order valence-electron chi connectivity index (χ0n) is 18.6. The predicted octanol–water partition coefficient (Wildman–Crippen LogP) is 2.54. The molecular formula is C25H27N7O. The standard InChI is InChI=1S/C25H27N7O/c1-30-13-14-31(17-21-9-5-6-12-26-21)18-22(30)24-29-28-23-11-10-20(16-32(23)24)25(33)27-15-19-7-3-2-4-8-19/h2-12,16,22H,13-15,17-18H2,1H3,(H,27,33)/t22-/m1/s1. The fraction of sp³-hybridized carbons (Fsp3) is 0.280. The van der Waals surface area contributed by atoms with Gasteiger partial charge in [0.15, 0.2) is 11.5 Å². The van der Waals surface area contributed by atoms with Crippen LogP contribution in [0.1, 0.15) is 33.5 Å². The maximum atomic E-state index is 12.8. The van der Waals surface area contributed by atoms with Gasteiger partial charge in [-0.15, -0.1) is 10.2 Å². The Kier molecular flexibility index (Phi) is 6.10. The summed E-state index contributed by atoms with van der Waals surface area (Å²) in [5.74, 6) is 0.727. The summed E-state index contributed by atoms with van der Waals surface area (Å²) in [6.07, 6.45) is 3.68. The van der Waals surface area contributed by atoms with Crippen molar-refractivity contribution in [1.82, 2.24) is 34.7 Å². The SMILES string of the molecule is CN1CCN(Cc2ccccn2)C[C@@H]1c1nnc2ccc(C(=O)NCc3ccccc3)cn12. The second kappa shape index (κ2) is 9.48. The summed E-state index contributed by atoms with van der Waals surface area (Å²) in [5, 5.41) is 11.9. The molecule has 0 saturated carbocycles. The van der Waals surface area contributed by atoms with E-state index < -0.39 is 0 Å². The minimum atomic E-state index is -0.116. The molecule has 0 aliphatic carbocycles. The molecule has 3 aromatic heterocycles. The lowest BCUT2D eigenvalue weighted by Gasteiger charge is -2.38. The molecule has 0 spiro atoms. The molecule has 8 heteroatoms. The normalized spacial score (nSPS) is 17.3. The molecule has 1 atom stereocenters. The number of nitrogens with one attached hydrogen (secondary N) is 1. The van der Waals surface area contributed by atoms with Crippen molar-refractivity contribution >= 4 is 11.6 Å². The number of pyridine rings is 2. The third kappa shape index (κ3) is 4.76. The lowest BCUT2D eigenvalue weighted by atomic mass is 10.1. The molecule has 8 nitrogen and oxygen atoms in total. The first kappa shape index (κ1) is 21.2. The van der Waals surface area contributed by atoms with E-state index in [2.05, 4.69) is 43.4 Å². The van der Waals surface area contributed by atoms with Crippen molar-refractivity contribution < 1.29 is 4.79 Å². The number of hydrogen-bond acceptors (Lipinski definition) is 6. The van der Waals surface area contributed by atoms with Gasteiger partial charge in [0.1, 0.15) is 0 Å². The molecule has 1 saturated heterocycles. The highest BCUT2D eigenvalue weighted by molar-refractivity contribution is 5.94. The molecule has 1 amide bonds. The zero-order chi connectivity index (χ0) is 22.6. The number of fused-ring (bicyclic) bond motifs is 1. The van der Waals surface area contributed by atoms with E-state index in [1.165, 1.54) is 0 Å². The molecule has 0 bridgehead atoms. The van der Waals surface area contributed by atoms with E-state index >= 15 is 0 Å². The lowest BCUT2D eigenvalue weighted by molar-refractivity contribution is 0.0844. The molecule has 168 valence electrons. The number of likely N-dealkylation sites (N-methyl/N-ethyl adjacent to an activating group) is 1. The fourth-order valence-corrected chi connectivity index (χ4v) is 4.22. The van der Waals surface area contributed by atoms with Crippen LogP contribution in [-0.2, 0) is 13.1 Å². The van der Waals surface area contributed by atoms with Gasteiger partial charge in [0.25, 0.3) is 5.91 Å². The minimum Gasteiger partial charge on any atom is -0.348 e. The highest BCUT2D eigenvalue weighted by atomic mass is 16.1. The Bertz CT molecular complexity index is 1230. The Morgan fingerprint density at radius 2 is 1.88 bits per heavy atom. The summed E-state index contributed by atoms with van der Waals surface area (Å²) in [4.78, 5) is 22.0. The first-order valence-electron chi connectivity index (χ1n) is 11.2. The molecule has 4 heterocycles. The van der Waals surface area contributed by atoms with Crippen LogP contribution in [0.3, 0.4) is 0 Å². The summed E-state index contributed by atoms with van der Waals surface area (Å²) in [6, 6.07) is 19.6. The topological polar surface area (TPSA) is 78.7 Å². The molecular weight excluding hydrogens is 414 g/mol. The second-order valence-corrected chi connectivity index (χ2v) is 8.43. The molecule has 4 aromatic rings. The van der Waals surface area contributed by atoms with Crippen LogP contribution < -0.4 is 5.32 Å². The second-order valence-electron chi connectivity index (χ2n) is 8.43. The predicted molar refractivity (Wildman–Crippen MR) is 125 cm³/mol. The van der Waals surface area contributed by atoms with Crippen LogP contribution in [-0.4, -0.2) is 62.0 Å². The van der Waals surface area contributed by atoms with Gasteiger partial charge in [-0.05, 0) is 36.9 Å². The molecule has 1 aliphatic heterocycles. The fourth-order valence-electron chi connectivity index (χ4n) is 4.22. The quantitative estimate of drug-likeness (QED) is 0.496. The lowest BCUT2D eigenvalue weighted by Crippen LogP contribution is -2.46. The van der Waals surface area contributed by atoms with Crippen molar-refractivity contribution in [1.29, 1.82) is 0 Å². The highest BCUT2D eigenvalue weighted by Crippen LogP contribution is 2.24. The number of rotatable bonds is 6. The highest BCUT2D eigenvalue weighted by Gasteiger charge is 2.29. The van der Waals surface area contributed by atoms with Crippen molar-refractivity contribution in [2.24, 2.45) is 0 Å². The van der Waals surface area contributed by atoms with Crippen molar-refractivity contribution in [3.8, 4) is 0 Å². The number of carbonyl (C=O) groups excluding carboxylic acids is 1. The molecule has 1 fully saturated rings. The van der Waals surface area contributed by atoms with E-state index in [9.17, 15) is 4.79 Å². The maximum absolute atomic E-state index is 12.8. The van der Waals surface area contributed by atoms with Crippen molar-refractivity contribution in [3.63, 3.8) is 0 Å². The monoisotopic (exact) mass is 441 g/mol. The van der Waals surface area contributed by atoms with Gasteiger partial charge in [0.2, 0.25) is 0 Å². The number of carbonyl (C=O) groups is 1. The van der Waals surface area contributed by atoms with Gasteiger partial charge in [-0.25, -0.2) is 0 Å². The van der Waals surface area contributed by atoms with Crippen LogP contribution in [0.2, 0.25) is 0 Å². The van der Waals surface area contributed by atoms with E-state index in [1.54, 1.807) is 6.07 Å². The molecule has 1 aromatic carbocycles. The minimum absolute atomic E-state index is 0.0695. The number of aromatic nitrogens is 4. The van der Waals surface area contributed by atoms with Gasteiger partial charge < -0.3 is 5.32 Å². The van der Waals surface area contributed by atoms with Crippen LogP contribution in [0.15, 0.2) is 73.1 Å². The van der Waals surface area contributed by atoms with Crippen LogP contribution in [0, 0.1) is 0 Å². The Labute approximate surface area is 192 Å². The Balaban J connectivity index is 1.34. The van der Waals surface area contributed by atoms with Gasteiger partial charge in [0, 0.05) is 45.1 Å². The van der Waals surface area contributed by atoms with Crippen LogP contribution >= 0.6 is 0 Å². The van der Waals surface area contributed by atoms with Gasteiger partial charge >= 0.3 is 0 Å². The van der Waals surface area contributed by atoms with E-state index in [4.69, 9.17) is 0 Å². The van der Waals surface area contributed by atoms with E-state index in [-0.39, 0.29) is 11.9 Å². The Morgan fingerprint density at radius 3 is 2.70 bits per heavy atom. The summed E-state index contributed by atoms with van der Waals surface area (Å²) >= 11 is 0. The molecule has 5 rings (SSSR count). The van der Waals surface area contributed by atoms with Gasteiger partial charge in [-0.2, -0.15) is 0 Å². The van der Waals surface area contributed by atoms with Gasteiger partial charge in [0.05, 0.1) is 17.3 Å². The van der Waals surface area contributed by atoms with E-state index in [1.807, 2.05) is 65.3 Å². The van der Waals surface area contributed by atoms with E-state index in [0.29, 0.717) is 12.1 Å². The Morgan fingerprint density at radius 1 is 1.03 bits per heavy atom. The first-order valence-corrected chi connectivity index (χ1v) is 11.2. The number of nitrogens with zero attached hydrogens (tertiary/aromatic N) is 6. The van der Waals surface area contributed by atoms with Crippen molar-refractivity contribution in [2.45, 2.75) is 19.1 Å². The number of amides is 1. The molecule has 33 heavy (non-hydrogen) atoms. The van der Waals surface area contributed by atoms with Crippen molar-refractivity contribution in [3.05, 3.63) is 95.7 Å². The third-order valence-electron chi connectivity index (χ3n) is 6.13. The average Bonchev–Trinajstić information content (AvgIpc) is 3.28. The number of piperazine rings is 1. The molecule has 1 N–H and O–H groups in total. The van der Waals surface area contributed by atoms with Gasteiger partial charge in [-0.3, -0.25) is 24.0 Å². The number of benzene rings is 1.